The fourth-order valence-electron chi connectivity index (χ4n) is 5.60. The normalized spacial score (nSPS) is 18.6. The number of carbonyl (C=O) groups is 1. The van der Waals surface area contributed by atoms with Crippen molar-refractivity contribution in [2.75, 3.05) is 58.4 Å². The van der Waals surface area contributed by atoms with Crippen molar-refractivity contribution in [3.63, 3.8) is 0 Å². The van der Waals surface area contributed by atoms with Crippen LogP contribution in [0.3, 0.4) is 0 Å². The van der Waals surface area contributed by atoms with Gasteiger partial charge < -0.3 is 19.1 Å². The molecule has 2 aliphatic rings. The monoisotopic (exact) mass is 517 g/mol. The zero-order valence-corrected chi connectivity index (χ0v) is 22.6. The van der Waals surface area contributed by atoms with Gasteiger partial charge in [0, 0.05) is 47.2 Å². The van der Waals surface area contributed by atoms with Crippen LogP contribution in [-0.4, -0.2) is 98.3 Å². The predicted octanol–water partition coefficient (Wildman–Crippen LogP) is 2.01. The molecule has 1 unspecified atom stereocenters. The molecule has 11 nitrogen and oxygen atoms in total. The number of imidazole rings is 2. The molecule has 2 aliphatic heterocycles. The number of hydrogen-bond donors (Lipinski definition) is 0. The van der Waals surface area contributed by atoms with Gasteiger partial charge in [0.25, 0.3) is 0 Å². The topological polar surface area (TPSA) is 97.4 Å². The maximum absolute atomic E-state index is 12.5. The summed E-state index contributed by atoms with van der Waals surface area (Å²) in [6, 6.07) is 8.12. The molecule has 0 spiro atoms. The maximum atomic E-state index is 12.5. The van der Waals surface area contributed by atoms with E-state index in [9.17, 15) is 4.79 Å². The summed E-state index contributed by atoms with van der Waals surface area (Å²) in [5.41, 5.74) is 3.53. The number of para-hydroxylation sites is 2. The van der Waals surface area contributed by atoms with Gasteiger partial charge in [0.05, 0.1) is 36.7 Å². The van der Waals surface area contributed by atoms with Gasteiger partial charge >= 0.3 is 0 Å². The average Bonchev–Trinajstić information content (AvgIpc) is 3.64. The number of fused-ring (bicyclic) bond motifs is 2. The molecule has 6 rings (SSSR count). The standard InChI is InChI=1S/C27H35N9O2/c1-5-21-28-19-8-6-7-9-20(19)36(21)27-30-24-23(25(31-27)35-12-14-38-15-13-35)29-22(33(24)4)17-34-11-10-18(16-34)26(37)32(2)3/h6-9,18H,5,10-17H2,1-4H3. The van der Waals surface area contributed by atoms with Crippen molar-refractivity contribution in [3.8, 4) is 5.95 Å². The van der Waals surface area contributed by atoms with E-state index in [1.165, 1.54) is 0 Å². The summed E-state index contributed by atoms with van der Waals surface area (Å²) in [4.78, 5) is 38.9. The summed E-state index contributed by atoms with van der Waals surface area (Å²) in [5, 5.41) is 0. The summed E-state index contributed by atoms with van der Waals surface area (Å²) in [7, 11) is 5.68. The first-order valence-electron chi connectivity index (χ1n) is 13.4. The number of aromatic nitrogens is 6. The van der Waals surface area contributed by atoms with E-state index in [4.69, 9.17) is 24.7 Å². The van der Waals surface area contributed by atoms with Gasteiger partial charge in [-0.15, -0.1) is 0 Å². The fourth-order valence-corrected chi connectivity index (χ4v) is 5.60. The number of benzene rings is 1. The molecule has 11 heteroatoms. The third-order valence-corrected chi connectivity index (χ3v) is 7.67. The molecule has 5 heterocycles. The van der Waals surface area contributed by atoms with Gasteiger partial charge in [0.15, 0.2) is 17.0 Å². The number of hydrogen-bond acceptors (Lipinski definition) is 8. The quantitative estimate of drug-likeness (QED) is 0.383. The van der Waals surface area contributed by atoms with Gasteiger partial charge in [-0.1, -0.05) is 19.1 Å². The molecule has 3 aromatic heterocycles. The molecular formula is C27H35N9O2. The van der Waals surface area contributed by atoms with Crippen LogP contribution in [-0.2, 0) is 29.5 Å². The molecule has 2 saturated heterocycles. The van der Waals surface area contributed by atoms with Gasteiger partial charge in [-0.2, -0.15) is 9.97 Å². The van der Waals surface area contributed by atoms with Crippen LogP contribution in [0.15, 0.2) is 24.3 Å². The Morgan fingerprint density at radius 1 is 1.05 bits per heavy atom. The lowest BCUT2D eigenvalue weighted by atomic mass is 10.1. The molecule has 0 N–H and O–H groups in total. The van der Waals surface area contributed by atoms with E-state index in [2.05, 4.69) is 31.9 Å². The number of nitrogens with zero attached hydrogens (tertiary/aromatic N) is 9. The molecule has 0 aliphatic carbocycles. The second kappa shape index (κ2) is 9.95. The second-order valence-corrected chi connectivity index (χ2v) is 10.4. The minimum absolute atomic E-state index is 0.0389. The van der Waals surface area contributed by atoms with Crippen LogP contribution in [0.4, 0.5) is 5.82 Å². The highest BCUT2D eigenvalue weighted by Gasteiger charge is 2.31. The summed E-state index contributed by atoms with van der Waals surface area (Å²) >= 11 is 0. The van der Waals surface area contributed by atoms with Crippen LogP contribution in [0.1, 0.15) is 25.0 Å². The van der Waals surface area contributed by atoms with E-state index >= 15 is 0 Å². The largest absolute Gasteiger partial charge is 0.378 e. The average molecular weight is 518 g/mol. The van der Waals surface area contributed by atoms with Crippen molar-refractivity contribution < 1.29 is 9.53 Å². The Morgan fingerprint density at radius 2 is 1.84 bits per heavy atom. The number of likely N-dealkylation sites (tertiary alicyclic amines) is 1. The Kier molecular flexibility index (Phi) is 6.48. The van der Waals surface area contributed by atoms with Crippen molar-refractivity contribution in [2.24, 2.45) is 13.0 Å². The fraction of sp³-hybridized carbons (Fsp3) is 0.519. The highest BCUT2D eigenvalue weighted by molar-refractivity contribution is 5.86. The molecular weight excluding hydrogens is 482 g/mol. The number of anilines is 1. The summed E-state index contributed by atoms with van der Waals surface area (Å²) < 4.78 is 9.78. The van der Waals surface area contributed by atoms with Gasteiger partial charge in [0.2, 0.25) is 11.9 Å². The lowest BCUT2D eigenvalue weighted by Crippen LogP contribution is -2.37. The van der Waals surface area contributed by atoms with Gasteiger partial charge in [-0.05, 0) is 25.1 Å². The Labute approximate surface area is 222 Å². The Hall–Kier alpha value is -3.57. The molecule has 1 atom stereocenters. The van der Waals surface area contributed by atoms with E-state index in [-0.39, 0.29) is 11.8 Å². The van der Waals surface area contributed by atoms with Gasteiger partial charge in [-0.25, -0.2) is 9.97 Å². The lowest BCUT2D eigenvalue weighted by Gasteiger charge is -2.28. The molecule has 1 aromatic carbocycles. The molecule has 38 heavy (non-hydrogen) atoms. The molecule has 200 valence electrons. The highest BCUT2D eigenvalue weighted by Crippen LogP contribution is 2.29. The van der Waals surface area contributed by atoms with Crippen molar-refractivity contribution in [1.29, 1.82) is 0 Å². The predicted molar refractivity (Wildman–Crippen MR) is 145 cm³/mol. The third-order valence-electron chi connectivity index (χ3n) is 7.67. The third kappa shape index (κ3) is 4.29. The van der Waals surface area contributed by atoms with Crippen molar-refractivity contribution in [3.05, 3.63) is 35.9 Å². The van der Waals surface area contributed by atoms with Crippen molar-refractivity contribution in [1.82, 2.24) is 38.9 Å². The summed E-state index contributed by atoms with van der Waals surface area (Å²) in [6.07, 6.45) is 1.64. The maximum Gasteiger partial charge on any atom is 0.239 e. The lowest BCUT2D eigenvalue weighted by molar-refractivity contribution is -0.132. The number of carbonyl (C=O) groups excluding carboxylic acids is 1. The number of rotatable bonds is 6. The van der Waals surface area contributed by atoms with Crippen LogP contribution in [0.2, 0.25) is 0 Å². The van der Waals surface area contributed by atoms with E-state index < -0.39 is 0 Å². The highest BCUT2D eigenvalue weighted by atomic mass is 16.5. The van der Waals surface area contributed by atoms with Crippen LogP contribution in [0.25, 0.3) is 28.1 Å². The number of amides is 1. The van der Waals surface area contributed by atoms with E-state index in [0.29, 0.717) is 25.7 Å². The zero-order valence-electron chi connectivity index (χ0n) is 22.6. The van der Waals surface area contributed by atoms with Gasteiger partial charge in [-0.3, -0.25) is 14.3 Å². The van der Waals surface area contributed by atoms with E-state index in [1.54, 1.807) is 4.90 Å². The Bertz CT molecular complexity index is 1490. The van der Waals surface area contributed by atoms with Crippen molar-refractivity contribution in [2.45, 2.75) is 26.3 Å². The first-order valence-corrected chi connectivity index (χ1v) is 13.4. The van der Waals surface area contributed by atoms with Crippen LogP contribution in [0, 0.1) is 5.92 Å². The number of morpholine rings is 1. The van der Waals surface area contributed by atoms with Crippen LogP contribution >= 0.6 is 0 Å². The van der Waals surface area contributed by atoms with E-state index in [0.717, 1.165) is 78.7 Å². The molecule has 0 bridgehead atoms. The SMILES string of the molecule is CCc1nc2ccccc2n1-c1nc(N2CCOCC2)c2nc(CN3CCC(C(=O)N(C)C)C3)n(C)c2n1. The Balaban J connectivity index is 1.43. The second-order valence-electron chi connectivity index (χ2n) is 10.4. The molecule has 4 aromatic rings. The number of ether oxygens (including phenoxy) is 1. The zero-order chi connectivity index (χ0) is 26.4. The number of aryl methyl sites for hydroxylation is 2. The minimum atomic E-state index is 0.0389. The minimum Gasteiger partial charge on any atom is -0.378 e. The summed E-state index contributed by atoms with van der Waals surface area (Å²) in [6.45, 7) is 7.21. The first-order chi connectivity index (χ1) is 18.4. The molecule has 2 fully saturated rings. The van der Waals surface area contributed by atoms with E-state index in [1.807, 2.05) is 39.3 Å². The Morgan fingerprint density at radius 3 is 2.61 bits per heavy atom. The van der Waals surface area contributed by atoms with Gasteiger partial charge in [0.1, 0.15) is 11.6 Å². The van der Waals surface area contributed by atoms with Crippen LogP contribution < -0.4 is 4.90 Å². The molecule has 0 radical (unpaired) electrons. The first kappa shape index (κ1) is 24.7. The smallest absolute Gasteiger partial charge is 0.239 e. The van der Waals surface area contributed by atoms with Crippen LogP contribution in [0.5, 0.6) is 0 Å². The summed E-state index contributed by atoms with van der Waals surface area (Å²) in [5.74, 6) is 3.52. The molecule has 0 saturated carbocycles. The molecule has 1 amide bonds. The van der Waals surface area contributed by atoms with Crippen molar-refractivity contribution >= 4 is 33.9 Å².